The lowest BCUT2D eigenvalue weighted by atomic mass is 9.29. The number of fused-ring (bicyclic) bond motifs is 11. The number of aliphatic hydroxyl groups excluding tert-OH is 8. The minimum atomic E-state index is -1.70. The Balaban J connectivity index is 1.10. The van der Waals surface area contributed by atoms with Crippen LogP contribution in [0.5, 0.6) is 0 Å². The number of carboxylic acid groups (broad SMARTS) is 1. The van der Waals surface area contributed by atoms with Crippen LogP contribution >= 0.6 is 0 Å². The number of nitrogens with one attached hydrogen (secondary N) is 5. The van der Waals surface area contributed by atoms with Gasteiger partial charge in [-0.1, -0.05) is 59.1 Å². The Morgan fingerprint density at radius 1 is 0.937 bits per heavy atom. The highest BCUT2D eigenvalue weighted by Crippen LogP contribution is 2.80. The first kappa shape index (κ1) is 57.2. The van der Waals surface area contributed by atoms with Gasteiger partial charge in [-0.3, -0.25) is 9.59 Å². The van der Waals surface area contributed by atoms with Crippen LogP contribution in [0.4, 0.5) is 5.82 Å². The number of hydrogen-bond acceptors (Lipinski definition) is 17. The number of anilines is 1. The fourth-order valence-corrected chi connectivity index (χ4v) is 20.3. The number of aliphatic hydroxyl groups is 8. The molecule has 0 bridgehead atoms. The van der Waals surface area contributed by atoms with Gasteiger partial charge in [0.1, 0.15) is 30.4 Å². The Labute approximate surface area is 462 Å². The van der Waals surface area contributed by atoms with E-state index in [4.69, 9.17) is 15.2 Å². The van der Waals surface area contributed by atoms with Crippen LogP contribution in [0, 0.1) is 85.2 Å². The third-order valence-corrected chi connectivity index (χ3v) is 24.6. The number of H-pyrrole nitrogens is 2. The summed E-state index contributed by atoms with van der Waals surface area (Å²) < 4.78 is 12.7. The number of rotatable bonds is 14. The third-order valence-electron chi connectivity index (χ3n) is 24.6. The van der Waals surface area contributed by atoms with Crippen molar-refractivity contribution < 1.29 is 65.0 Å². The highest BCUT2D eigenvalue weighted by Gasteiger charge is 2.77. The molecule has 2 saturated heterocycles. The topological polar surface area (TPSA) is 354 Å². The van der Waals surface area contributed by atoms with Crippen molar-refractivity contribution in [3.63, 3.8) is 0 Å². The monoisotopic (exact) mass is 1110 g/mol. The maximum atomic E-state index is 15.2. The number of hydrogen-bond donors (Lipinski definition) is 15. The van der Waals surface area contributed by atoms with E-state index in [0.29, 0.717) is 75.8 Å². The van der Waals surface area contributed by atoms with E-state index < -0.39 is 135 Å². The molecule has 9 aliphatic rings. The Morgan fingerprint density at radius 3 is 2.34 bits per heavy atom. The molecule has 440 valence electrons. The van der Waals surface area contributed by atoms with Gasteiger partial charge in [0.05, 0.1) is 60.7 Å². The molecule has 1 spiro atoms. The van der Waals surface area contributed by atoms with Crippen molar-refractivity contribution in [2.75, 3.05) is 45.3 Å². The zero-order valence-electron chi connectivity index (χ0n) is 46.9. The standard InChI is InChI=1S/C58H90N8O13/c1-52(24-67)15-16-58(51(76)77)33(19-52)29-9-10-39-54(3,56(29,5)30-18-35-48(65-27-64-35)62-21-34(30)58)14-11-38-53(2,25-68)46(79-49-45(73)44(72)37(69)23-78-49)43(71)32(55(38,39)4)17-31-41(66-50(75)57(31)12-7-8-13-57)40(36-22-61-26-63-36)42(70)28(20-60-6)47(59)74/h9,22,26-28,30-34,37-47,49,60,62,67-74H,7-8,10-21,23-25,59H2,1-6H3,(H,61,63)(H,64,65)(H,66,75)(H,76,77)/t28-,30-,31-,32-,33-,34-,37+,38+,39-,40-,41+,42-,43+,44-,45+,46+,47-,49-,52-,53-,54+,55-,56-,58+/m0/s1. The maximum Gasteiger partial charge on any atom is 0.310 e. The molecule has 11 rings (SSSR count). The normalized spacial score (nSPS) is 46.6. The van der Waals surface area contributed by atoms with Crippen molar-refractivity contribution in [2.24, 2.45) is 91.0 Å². The molecule has 2 aromatic heterocycles. The maximum absolute atomic E-state index is 15.2. The van der Waals surface area contributed by atoms with Crippen LogP contribution in [-0.2, 0) is 25.5 Å². The number of carbonyl (C=O) groups is 2. The number of aromatic amines is 2. The van der Waals surface area contributed by atoms with Crippen molar-refractivity contribution in [1.29, 1.82) is 0 Å². The van der Waals surface area contributed by atoms with Gasteiger partial charge in [-0.05, 0) is 134 Å². The number of carbonyl (C=O) groups excluding carboxylic acids is 1. The number of nitrogens with two attached hydrogens (primary N) is 1. The Hall–Kier alpha value is -3.58. The predicted octanol–water partition coefficient (Wildman–Crippen LogP) is 1.73. The number of nitrogens with zero attached hydrogens (tertiary/aromatic N) is 2. The summed E-state index contributed by atoms with van der Waals surface area (Å²) in [6, 6.07) is -0.762. The van der Waals surface area contributed by atoms with Gasteiger partial charge < -0.3 is 87.1 Å². The Kier molecular flexibility index (Phi) is 14.7. The summed E-state index contributed by atoms with van der Waals surface area (Å²) in [6.07, 6.45) is 2.27. The Bertz CT molecular complexity index is 2600. The van der Waals surface area contributed by atoms with Crippen molar-refractivity contribution in [3.05, 3.63) is 41.9 Å². The van der Waals surface area contributed by atoms with Crippen molar-refractivity contribution in [2.45, 2.75) is 173 Å². The van der Waals surface area contributed by atoms with Crippen LogP contribution in [0.1, 0.15) is 123 Å². The average Bonchev–Trinajstić information content (AvgIpc) is 2.83. The molecule has 24 atom stereocenters. The molecular formula is C58H90N8O13. The highest BCUT2D eigenvalue weighted by atomic mass is 16.7. The van der Waals surface area contributed by atoms with Crippen LogP contribution < -0.4 is 21.7 Å². The summed E-state index contributed by atoms with van der Waals surface area (Å²) in [5, 5.41) is 116. The number of aromatic nitrogens is 4. The summed E-state index contributed by atoms with van der Waals surface area (Å²) in [6.45, 7) is 10.7. The van der Waals surface area contributed by atoms with E-state index in [-0.39, 0.29) is 55.8 Å². The highest BCUT2D eigenvalue weighted by molar-refractivity contribution is 5.86. The van der Waals surface area contributed by atoms with E-state index in [1.165, 1.54) is 6.33 Å². The van der Waals surface area contributed by atoms with Gasteiger partial charge >= 0.3 is 5.97 Å². The van der Waals surface area contributed by atoms with E-state index in [0.717, 1.165) is 24.1 Å². The van der Waals surface area contributed by atoms with Gasteiger partial charge in [0.15, 0.2) is 6.29 Å². The molecule has 0 radical (unpaired) electrons. The number of aliphatic carboxylic acids is 1. The molecule has 16 N–H and O–H groups in total. The smallest absolute Gasteiger partial charge is 0.310 e. The SMILES string of the molecule is CNC[C@@H]([C@H](O)[C@@H](c1cnc[nH]1)[C@@H]1NC(=O)C2(CCCC2)[C@H]1C[C@H]1[C@@H](O)[C@@H](O[C@@H]2OC[C@@H](O)[C@H](O)[C@H]2O)[C@@](C)(CO)[C@H]2CC[C@]3(C)[C@H](CC=C4[C@@H]5C[C@@](C)(CO)CC[C@]5(C(=O)O)[C@H]5CNc6nc[nH]c6C[C@@H]5[C@]43C)[C@]21C)[C@@H](N)O. The first-order valence-corrected chi connectivity index (χ1v) is 29.4. The number of imidazole rings is 2. The van der Waals surface area contributed by atoms with Crippen LogP contribution in [-0.4, -0.2) is 173 Å². The van der Waals surface area contributed by atoms with Crippen molar-refractivity contribution in [1.82, 2.24) is 30.6 Å². The van der Waals surface area contributed by atoms with Crippen LogP contribution in [0.2, 0.25) is 0 Å². The molecule has 5 saturated carbocycles. The molecule has 7 fully saturated rings. The number of ether oxygens (including phenoxy) is 2. The van der Waals surface area contributed by atoms with Crippen molar-refractivity contribution in [3.8, 4) is 0 Å². The van der Waals surface area contributed by atoms with E-state index in [1.54, 1.807) is 19.6 Å². The summed E-state index contributed by atoms with van der Waals surface area (Å²) in [4.78, 5) is 45.3. The lowest BCUT2D eigenvalue weighted by Crippen LogP contribution is -2.74. The summed E-state index contributed by atoms with van der Waals surface area (Å²) in [7, 11) is 1.71. The molecule has 0 unspecified atom stereocenters. The molecule has 5 heterocycles. The largest absolute Gasteiger partial charge is 0.481 e. The number of amides is 1. The van der Waals surface area contributed by atoms with E-state index >= 15 is 4.79 Å². The van der Waals surface area contributed by atoms with E-state index in [1.807, 2.05) is 6.92 Å². The van der Waals surface area contributed by atoms with Gasteiger partial charge in [0.25, 0.3) is 0 Å². The van der Waals surface area contributed by atoms with E-state index in [2.05, 4.69) is 69.7 Å². The van der Waals surface area contributed by atoms with Gasteiger partial charge in [0.2, 0.25) is 5.91 Å². The zero-order chi connectivity index (χ0) is 56.6. The minimum Gasteiger partial charge on any atom is -0.481 e. The zero-order valence-corrected chi connectivity index (χ0v) is 46.9. The predicted molar refractivity (Wildman–Crippen MR) is 287 cm³/mol. The van der Waals surface area contributed by atoms with Gasteiger partial charge in [-0.15, -0.1) is 0 Å². The van der Waals surface area contributed by atoms with Gasteiger partial charge in [-0.25, -0.2) is 9.97 Å². The summed E-state index contributed by atoms with van der Waals surface area (Å²) >= 11 is 0. The first-order valence-electron chi connectivity index (χ1n) is 29.4. The van der Waals surface area contributed by atoms with Gasteiger partial charge in [0, 0.05) is 54.9 Å². The Morgan fingerprint density at radius 2 is 1.68 bits per heavy atom. The molecule has 6 aliphatic carbocycles. The average molecular weight is 1110 g/mol. The van der Waals surface area contributed by atoms with Gasteiger partial charge in [-0.2, -0.15) is 0 Å². The fraction of sp³-hybridized carbons (Fsp3) is 0.828. The molecule has 21 heteroatoms. The van der Waals surface area contributed by atoms with Crippen molar-refractivity contribution >= 4 is 17.7 Å². The number of carboxylic acids is 1. The quantitative estimate of drug-likeness (QED) is 0.0728. The molecule has 3 aliphatic heterocycles. The molecule has 2 aromatic rings. The second kappa shape index (κ2) is 20.3. The molecule has 21 nitrogen and oxygen atoms in total. The second-order valence-corrected chi connectivity index (χ2v) is 27.6. The lowest BCUT2D eigenvalue weighted by molar-refractivity contribution is -0.341. The third kappa shape index (κ3) is 8.11. The second-order valence-electron chi connectivity index (χ2n) is 27.6. The molecular weight excluding hydrogens is 1020 g/mol. The molecule has 0 aromatic carbocycles. The summed E-state index contributed by atoms with van der Waals surface area (Å²) in [5.41, 5.74) is 2.87. The van der Waals surface area contributed by atoms with Crippen LogP contribution in [0.25, 0.3) is 0 Å². The fourth-order valence-electron chi connectivity index (χ4n) is 20.3. The van der Waals surface area contributed by atoms with E-state index in [9.17, 15) is 50.8 Å². The lowest BCUT2D eigenvalue weighted by Gasteiger charge is -2.75. The minimum absolute atomic E-state index is 0.0725. The number of allylic oxidation sites excluding steroid dienone is 2. The summed E-state index contributed by atoms with van der Waals surface area (Å²) in [5.74, 6) is -4.83. The van der Waals surface area contributed by atoms with Crippen LogP contribution in [0.3, 0.4) is 0 Å². The van der Waals surface area contributed by atoms with Crippen LogP contribution in [0.15, 0.2) is 30.5 Å². The molecule has 79 heavy (non-hydrogen) atoms. The molecule has 1 amide bonds. The first-order chi connectivity index (χ1) is 37.5.